The number of alkyl halides is 6. The molecular weight excluding hydrogens is 328 g/mol. The van der Waals surface area contributed by atoms with Crippen molar-refractivity contribution in [1.29, 1.82) is 0 Å². The first kappa shape index (κ1) is 17.6. The molecule has 3 nitrogen and oxygen atoms in total. The normalized spacial score (nSPS) is 19.3. The van der Waals surface area contributed by atoms with Crippen molar-refractivity contribution in [3.05, 3.63) is 34.9 Å². The van der Waals surface area contributed by atoms with E-state index < -0.39 is 35.0 Å². The molecule has 0 aliphatic carbocycles. The van der Waals surface area contributed by atoms with Crippen LogP contribution in [0.5, 0.6) is 0 Å². The molecule has 1 aliphatic rings. The van der Waals surface area contributed by atoms with Crippen LogP contribution in [-0.2, 0) is 12.4 Å². The predicted molar refractivity (Wildman–Crippen MR) is 67.5 cm³/mol. The highest BCUT2D eigenvalue weighted by Crippen LogP contribution is 2.36. The first-order valence-corrected chi connectivity index (χ1v) is 6.72. The van der Waals surface area contributed by atoms with E-state index in [1.54, 1.807) is 0 Å². The van der Waals surface area contributed by atoms with Crippen LogP contribution in [0.4, 0.5) is 26.3 Å². The van der Waals surface area contributed by atoms with Crippen molar-refractivity contribution in [2.75, 3.05) is 19.7 Å². The van der Waals surface area contributed by atoms with Crippen LogP contribution in [-0.4, -0.2) is 35.6 Å². The molecule has 1 aliphatic heterocycles. The summed E-state index contributed by atoms with van der Waals surface area (Å²) in [5.41, 5.74) is -3.70. The fraction of sp³-hybridized carbons (Fsp3) is 0.500. The lowest BCUT2D eigenvalue weighted by Crippen LogP contribution is -2.29. The maximum atomic E-state index is 12.8. The summed E-state index contributed by atoms with van der Waals surface area (Å²) in [7, 11) is 0. The van der Waals surface area contributed by atoms with Gasteiger partial charge in [0.1, 0.15) is 0 Å². The molecule has 1 saturated heterocycles. The third-order valence-electron chi connectivity index (χ3n) is 3.67. The quantitative estimate of drug-likeness (QED) is 0.840. The zero-order valence-electron chi connectivity index (χ0n) is 11.7. The lowest BCUT2D eigenvalue weighted by molar-refractivity contribution is -0.143. The SMILES string of the molecule is O=C(c1cc(C(F)(F)F)cc(C(F)(F)F)c1)N1CCC(CO)C1. The van der Waals surface area contributed by atoms with Crippen LogP contribution in [0.25, 0.3) is 0 Å². The molecule has 1 atom stereocenters. The van der Waals surface area contributed by atoms with Gasteiger partial charge in [-0.05, 0) is 24.6 Å². The van der Waals surface area contributed by atoms with Gasteiger partial charge in [0.05, 0.1) is 11.1 Å². The number of hydrogen-bond donors (Lipinski definition) is 1. The van der Waals surface area contributed by atoms with Gasteiger partial charge in [0, 0.05) is 31.2 Å². The Balaban J connectivity index is 2.39. The van der Waals surface area contributed by atoms with Crippen molar-refractivity contribution in [3.8, 4) is 0 Å². The van der Waals surface area contributed by atoms with E-state index in [0.717, 1.165) is 4.90 Å². The molecule has 1 heterocycles. The number of rotatable bonds is 2. The van der Waals surface area contributed by atoms with E-state index in [0.29, 0.717) is 18.6 Å². The van der Waals surface area contributed by atoms with Crippen LogP contribution in [0.2, 0.25) is 0 Å². The van der Waals surface area contributed by atoms with Crippen LogP contribution < -0.4 is 0 Å². The minimum absolute atomic E-state index is 0.0166. The number of nitrogens with zero attached hydrogens (tertiary/aromatic N) is 1. The number of likely N-dealkylation sites (tertiary alicyclic amines) is 1. The molecule has 0 saturated carbocycles. The Morgan fingerprint density at radius 3 is 2.00 bits per heavy atom. The molecule has 0 aromatic heterocycles. The molecule has 2 rings (SSSR count). The van der Waals surface area contributed by atoms with Crippen molar-refractivity contribution >= 4 is 5.91 Å². The van der Waals surface area contributed by atoms with Crippen LogP contribution >= 0.6 is 0 Å². The summed E-state index contributed by atoms with van der Waals surface area (Å²) in [6, 6.07) is 0.824. The van der Waals surface area contributed by atoms with Crippen LogP contribution in [0.15, 0.2) is 18.2 Å². The highest BCUT2D eigenvalue weighted by molar-refractivity contribution is 5.95. The average molecular weight is 341 g/mol. The van der Waals surface area contributed by atoms with E-state index in [-0.39, 0.29) is 31.7 Å². The summed E-state index contributed by atoms with van der Waals surface area (Å²) >= 11 is 0. The van der Waals surface area contributed by atoms with E-state index in [1.165, 1.54) is 0 Å². The Morgan fingerprint density at radius 1 is 1.09 bits per heavy atom. The number of aliphatic hydroxyl groups excluding tert-OH is 1. The zero-order valence-corrected chi connectivity index (χ0v) is 11.7. The van der Waals surface area contributed by atoms with Crippen molar-refractivity contribution < 1.29 is 36.2 Å². The molecule has 1 N–H and O–H groups in total. The largest absolute Gasteiger partial charge is 0.416 e. The number of amides is 1. The summed E-state index contributed by atoms with van der Waals surface area (Å²) in [4.78, 5) is 13.3. The van der Waals surface area contributed by atoms with Gasteiger partial charge in [-0.3, -0.25) is 4.79 Å². The standard InChI is InChI=1S/C14H13F6NO2/c15-13(16,17)10-3-9(4-11(5-10)14(18,19)20)12(23)21-2-1-8(6-21)7-22/h3-5,8,22H,1-2,6-7H2. The Bertz CT molecular complexity index is 564. The Kier molecular flexibility index (Phi) is 4.61. The molecule has 1 aromatic carbocycles. The third-order valence-corrected chi connectivity index (χ3v) is 3.67. The lowest BCUT2D eigenvalue weighted by atomic mass is 10.0. The van der Waals surface area contributed by atoms with Gasteiger partial charge in [-0.15, -0.1) is 0 Å². The molecule has 1 unspecified atom stereocenters. The van der Waals surface area contributed by atoms with Gasteiger partial charge < -0.3 is 10.0 Å². The van der Waals surface area contributed by atoms with Crippen LogP contribution in [0, 0.1) is 5.92 Å². The molecule has 0 spiro atoms. The minimum Gasteiger partial charge on any atom is -0.396 e. The third kappa shape index (κ3) is 3.95. The lowest BCUT2D eigenvalue weighted by Gasteiger charge is -2.19. The Hall–Kier alpha value is -1.77. The van der Waals surface area contributed by atoms with Gasteiger partial charge in [-0.2, -0.15) is 26.3 Å². The van der Waals surface area contributed by atoms with E-state index in [4.69, 9.17) is 5.11 Å². The van der Waals surface area contributed by atoms with Gasteiger partial charge in [0.25, 0.3) is 5.91 Å². The van der Waals surface area contributed by atoms with Gasteiger partial charge in [-0.1, -0.05) is 0 Å². The number of carbonyl (C=O) groups is 1. The number of aliphatic hydroxyl groups is 1. The van der Waals surface area contributed by atoms with Crippen molar-refractivity contribution in [1.82, 2.24) is 4.90 Å². The highest BCUT2D eigenvalue weighted by Gasteiger charge is 2.38. The molecule has 0 radical (unpaired) electrons. The zero-order chi connectivity index (χ0) is 17.4. The molecular formula is C14H13F6NO2. The number of halogens is 6. The van der Waals surface area contributed by atoms with Gasteiger partial charge in [0.2, 0.25) is 0 Å². The summed E-state index contributed by atoms with van der Waals surface area (Å²) in [6.07, 6.45) is -9.53. The Morgan fingerprint density at radius 2 is 1.61 bits per heavy atom. The second-order valence-electron chi connectivity index (χ2n) is 5.38. The van der Waals surface area contributed by atoms with Gasteiger partial charge >= 0.3 is 12.4 Å². The predicted octanol–water partition coefficient (Wildman–Crippen LogP) is 3.18. The molecule has 9 heteroatoms. The number of hydrogen-bond acceptors (Lipinski definition) is 2. The average Bonchev–Trinajstić information content (AvgIpc) is 2.93. The molecule has 128 valence electrons. The molecule has 1 aromatic rings. The molecule has 23 heavy (non-hydrogen) atoms. The summed E-state index contributed by atoms with van der Waals surface area (Å²) in [6.45, 7) is 0.0920. The molecule has 1 amide bonds. The first-order chi connectivity index (χ1) is 10.5. The van der Waals surface area contributed by atoms with Crippen LogP contribution in [0.3, 0.4) is 0 Å². The fourth-order valence-electron chi connectivity index (χ4n) is 2.43. The maximum absolute atomic E-state index is 12.8. The van der Waals surface area contributed by atoms with E-state index in [1.807, 2.05) is 0 Å². The van der Waals surface area contributed by atoms with E-state index in [9.17, 15) is 31.1 Å². The van der Waals surface area contributed by atoms with Crippen molar-refractivity contribution in [2.24, 2.45) is 5.92 Å². The van der Waals surface area contributed by atoms with Gasteiger partial charge in [0.15, 0.2) is 0 Å². The number of benzene rings is 1. The summed E-state index contributed by atoms with van der Waals surface area (Å²) in [5.74, 6) is -1.12. The molecule has 0 bridgehead atoms. The van der Waals surface area contributed by atoms with E-state index >= 15 is 0 Å². The van der Waals surface area contributed by atoms with Crippen LogP contribution in [0.1, 0.15) is 27.9 Å². The monoisotopic (exact) mass is 341 g/mol. The fourth-order valence-corrected chi connectivity index (χ4v) is 2.43. The van der Waals surface area contributed by atoms with Crippen molar-refractivity contribution in [2.45, 2.75) is 18.8 Å². The highest BCUT2D eigenvalue weighted by atomic mass is 19.4. The smallest absolute Gasteiger partial charge is 0.396 e. The second kappa shape index (κ2) is 6.03. The Labute approximate surface area is 127 Å². The summed E-state index contributed by atoms with van der Waals surface area (Å²) < 4.78 is 76.6. The minimum atomic E-state index is -4.99. The number of carbonyl (C=O) groups excluding carboxylic acids is 1. The molecule has 1 fully saturated rings. The summed E-state index contributed by atoms with van der Waals surface area (Å²) in [5, 5.41) is 9.00. The van der Waals surface area contributed by atoms with E-state index in [2.05, 4.69) is 0 Å². The van der Waals surface area contributed by atoms with Crippen molar-refractivity contribution in [3.63, 3.8) is 0 Å². The van der Waals surface area contributed by atoms with Gasteiger partial charge in [-0.25, -0.2) is 0 Å². The maximum Gasteiger partial charge on any atom is 0.416 e. The second-order valence-corrected chi connectivity index (χ2v) is 5.38. The first-order valence-electron chi connectivity index (χ1n) is 6.72. The topological polar surface area (TPSA) is 40.5 Å².